The molecule has 106 valence electrons. The zero-order valence-electron chi connectivity index (χ0n) is 10.7. The largest absolute Gasteiger partial charge is 0.457 e. The van der Waals surface area contributed by atoms with Gasteiger partial charge in [-0.3, -0.25) is 4.48 Å². The second-order valence-electron chi connectivity index (χ2n) is 4.81. The van der Waals surface area contributed by atoms with Gasteiger partial charge in [0.1, 0.15) is 12.3 Å². The maximum atomic E-state index is 11.3. The zero-order chi connectivity index (χ0) is 14.8. The van der Waals surface area contributed by atoms with Crippen LogP contribution in [0.25, 0.3) is 0 Å². The highest BCUT2D eigenvalue weighted by atomic mass is 35.7. The zero-order valence-corrected chi connectivity index (χ0v) is 11.5. The minimum atomic E-state index is -4.94. The van der Waals surface area contributed by atoms with Crippen LogP contribution in [0, 0.1) is 10.2 Å². The van der Waals surface area contributed by atoms with Crippen LogP contribution in [0.5, 0.6) is 0 Å². The van der Waals surface area contributed by atoms with E-state index in [9.17, 15) is 4.79 Å². The second kappa shape index (κ2) is 5.41. The highest BCUT2D eigenvalue weighted by Gasteiger charge is 2.24. The molecular formula is C11H14ClNO6. The lowest BCUT2D eigenvalue weighted by Crippen LogP contribution is -2.68. The number of rotatable bonds is 1. The van der Waals surface area contributed by atoms with Crippen molar-refractivity contribution in [3.8, 4) is 0 Å². The summed E-state index contributed by atoms with van der Waals surface area (Å²) in [6.07, 6.45) is 0. The van der Waals surface area contributed by atoms with Gasteiger partial charge in [0.05, 0.1) is 26.7 Å². The molecule has 8 heteroatoms. The molecular weight excluding hydrogens is 278 g/mol. The third-order valence-electron chi connectivity index (χ3n) is 2.45. The summed E-state index contributed by atoms with van der Waals surface area (Å²) >= 11 is 0. The van der Waals surface area contributed by atoms with Crippen LogP contribution in [0.4, 0.5) is 5.69 Å². The lowest BCUT2D eigenvalue weighted by Gasteiger charge is -2.23. The Kier molecular flexibility index (Phi) is 4.51. The molecule has 0 unspecified atom stereocenters. The molecule has 1 aliphatic heterocycles. The van der Waals surface area contributed by atoms with Gasteiger partial charge in [-0.25, -0.2) is 23.4 Å². The minimum absolute atomic E-state index is 0.199. The van der Waals surface area contributed by atoms with Crippen molar-refractivity contribution in [1.29, 1.82) is 0 Å². The van der Waals surface area contributed by atoms with Crippen molar-refractivity contribution in [2.24, 2.45) is 0 Å². The van der Waals surface area contributed by atoms with Gasteiger partial charge in [-0.1, -0.05) is 0 Å². The van der Waals surface area contributed by atoms with Crippen LogP contribution < -0.4 is 23.1 Å². The van der Waals surface area contributed by atoms with E-state index in [-0.39, 0.29) is 5.97 Å². The van der Waals surface area contributed by atoms with Crippen LogP contribution in [0.3, 0.4) is 0 Å². The molecule has 0 radical (unpaired) electrons. The number of quaternary nitrogens is 1. The van der Waals surface area contributed by atoms with Crippen LogP contribution >= 0.6 is 0 Å². The Labute approximate surface area is 112 Å². The number of hydrogen-bond acceptors (Lipinski definition) is 6. The molecule has 0 aromatic heterocycles. The molecule has 7 nitrogen and oxygen atoms in total. The van der Waals surface area contributed by atoms with Gasteiger partial charge < -0.3 is 4.74 Å². The fraction of sp³-hybridized carbons (Fsp3) is 0.364. The number of esters is 1. The molecule has 0 amide bonds. The van der Waals surface area contributed by atoms with Gasteiger partial charge >= 0.3 is 5.97 Å². The fourth-order valence-electron chi connectivity index (χ4n) is 1.52. The van der Waals surface area contributed by atoms with Gasteiger partial charge in [-0.15, -0.1) is 10.2 Å². The molecule has 0 saturated heterocycles. The summed E-state index contributed by atoms with van der Waals surface area (Å²) in [5.41, 5.74) is 2.82. The van der Waals surface area contributed by atoms with Crippen molar-refractivity contribution in [3.05, 3.63) is 29.3 Å². The van der Waals surface area contributed by atoms with E-state index < -0.39 is 10.2 Å². The average molecular weight is 292 g/mol. The Morgan fingerprint density at radius 1 is 1.16 bits per heavy atom. The Morgan fingerprint density at radius 3 is 2.16 bits per heavy atom. The summed E-state index contributed by atoms with van der Waals surface area (Å²) in [7, 11) is 1.27. The van der Waals surface area contributed by atoms with Crippen molar-refractivity contribution in [1.82, 2.24) is 4.48 Å². The van der Waals surface area contributed by atoms with Crippen LogP contribution in [-0.4, -0.2) is 27.1 Å². The Balaban J connectivity index is 0.000000312. The third kappa shape index (κ3) is 5.11. The Bertz CT molecular complexity index is 471. The number of halogens is 1. The van der Waals surface area contributed by atoms with Crippen molar-refractivity contribution in [3.63, 3.8) is 0 Å². The molecule has 0 spiro atoms. The monoisotopic (exact) mass is 291 g/mol. The molecule has 0 saturated carbocycles. The first-order valence-corrected chi connectivity index (χ1v) is 6.46. The van der Waals surface area contributed by atoms with E-state index in [0.29, 0.717) is 11.1 Å². The third-order valence-corrected chi connectivity index (χ3v) is 2.45. The molecule has 0 bridgehead atoms. The number of carbonyl (C=O) groups is 1. The van der Waals surface area contributed by atoms with Crippen LogP contribution in [0.1, 0.15) is 15.9 Å². The lowest BCUT2D eigenvalue weighted by atomic mass is 10.1. The van der Waals surface area contributed by atoms with E-state index in [2.05, 4.69) is 21.1 Å². The summed E-state index contributed by atoms with van der Waals surface area (Å²) in [4.78, 5) is 11.3. The lowest BCUT2D eigenvalue weighted by molar-refractivity contribution is -2.00. The first-order chi connectivity index (χ1) is 8.48. The number of cyclic esters (lactones) is 1. The van der Waals surface area contributed by atoms with E-state index in [1.54, 1.807) is 0 Å². The Morgan fingerprint density at radius 2 is 1.68 bits per heavy atom. The topological polar surface area (TPSA) is 119 Å². The van der Waals surface area contributed by atoms with Crippen molar-refractivity contribution >= 4 is 11.7 Å². The second-order valence-corrected chi connectivity index (χ2v) is 5.56. The summed E-state index contributed by atoms with van der Waals surface area (Å²) in [6, 6.07) is 5.94. The maximum absolute atomic E-state index is 11.3. The number of fused-ring (bicyclic) bond motifs is 1. The highest BCUT2D eigenvalue weighted by molar-refractivity contribution is 5.94. The van der Waals surface area contributed by atoms with E-state index in [1.165, 1.54) is 0 Å². The van der Waals surface area contributed by atoms with Crippen LogP contribution in [0.2, 0.25) is 0 Å². The van der Waals surface area contributed by atoms with Crippen molar-refractivity contribution in [2.45, 2.75) is 6.61 Å². The molecule has 19 heavy (non-hydrogen) atoms. The van der Waals surface area contributed by atoms with Crippen LogP contribution in [0.15, 0.2) is 18.2 Å². The average Bonchev–Trinajstić information content (AvgIpc) is 2.56. The number of nitrogens with zero attached hydrogens (tertiary/aromatic N) is 1. The van der Waals surface area contributed by atoms with Gasteiger partial charge in [0.15, 0.2) is 0 Å². The van der Waals surface area contributed by atoms with E-state index >= 15 is 0 Å². The first kappa shape index (κ1) is 15.8. The normalized spacial score (nSPS) is 14.4. The summed E-state index contributed by atoms with van der Waals surface area (Å²) < 4.78 is 39.6. The molecule has 0 fully saturated rings. The van der Waals surface area contributed by atoms with E-state index in [4.69, 9.17) is 23.4 Å². The van der Waals surface area contributed by atoms with Gasteiger partial charge in [-0.05, 0) is 12.1 Å². The number of ether oxygens (including phenoxy) is 1. The molecule has 0 atom stereocenters. The predicted molar refractivity (Wildman–Crippen MR) is 55.1 cm³/mol. The van der Waals surface area contributed by atoms with E-state index in [0.717, 1.165) is 16.8 Å². The molecule has 0 aliphatic carbocycles. The summed E-state index contributed by atoms with van der Waals surface area (Å²) in [6.45, 7) is 0.422. The number of hydrogen-bond donors (Lipinski definition) is 0. The van der Waals surface area contributed by atoms with Crippen molar-refractivity contribution in [2.75, 3.05) is 21.1 Å². The van der Waals surface area contributed by atoms with Gasteiger partial charge in [0.25, 0.3) is 0 Å². The van der Waals surface area contributed by atoms with Gasteiger partial charge in [0.2, 0.25) is 0 Å². The summed E-state index contributed by atoms with van der Waals surface area (Å²) in [5, 5.41) is 0. The Hall–Kier alpha value is -1.22. The van der Waals surface area contributed by atoms with Gasteiger partial charge in [0, 0.05) is 11.6 Å². The fourth-order valence-corrected chi connectivity index (χ4v) is 1.52. The highest BCUT2D eigenvalue weighted by Crippen LogP contribution is 2.26. The van der Waals surface area contributed by atoms with Crippen LogP contribution in [-0.2, 0) is 11.3 Å². The standard InChI is InChI=1S/C11H14NO2.ClHO4/c1-12(2,3)9-5-4-8-7-14-11(13)10(8)6-9;2-1(3,4)5/h4-6H,7H2,1-3H3;(H,2,3,4,5)/q+1;/p-1. The van der Waals surface area contributed by atoms with Crippen molar-refractivity contribution < 1.29 is 38.4 Å². The maximum Gasteiger partial charge on any atom is 0.339 e. The first-order valence-electron chi connectivity index (χ1n) is 5.22. The molecule has 1 heterocycles. The number of carbonyl (C=O) groups excluding carboxylic acids is 1. The molecule has 2 rings (SSSR count). The quantitative estimate of drug-likeness (QED) is 0.397. The number of benzene rings is 1. The summed E-state index contributed by atoms with van der Waals surface area (Å²) in [5.74, 6) is -0.199. The van der Waals surface area contributed by atoms with Gasteiger partial charge in [-0.2, -0.15) is 0 Å². The molecule has 1 aliphatic rings. The molecule has 1 aromatic carbocycles. The SMILES string of the molecule is C[N+](C)(C)c1ccc2c(c1)C(=O)OC2.[O-][Cl+3]([O-])([O-])[O-]. The molecule has 0 N–H and O–H groups in total. The minimum Gasteiger partial charge on any atom is -0.457 e. The molecule has 1 aromatic rings. The smallest absolute Gasteiger partial charge is 0.339 e. The predicted octanol–water partition coefficient (Wildman–Crippen LogP) is -3.20. The van der Waals surface area contributed by atoms with E-state index in [1.807, 2.05) is 18.2 Å².